The van der Waals surface area contributed by atoms with Crippen molar-refractivity contribution in [1.82, 2.24) is 0 Å². The number of ether oxygens (including phenoxy) is 14. The highest BCUT2D eigenvalue weighted by Crippen LogP contribution is 2.48. The van der Waals surface area contributed by atoms with Crippen molar-refractivity contribution >= 4 is 0 Å². The first-order valence-corrected chi connectivity index (χ1v) is 21.9. The molecule has 0 amide bonds. The van der Waals surface area contributed by atoms with Crippen LogP contribution in [0.25, 0.3) is 0 Å². The summed E-state index contributed by atoms with van der Waals surface area (Å²) in [5.74, 6) is -4.02. The molecule has 3 aromatic rings. The molecule has 0 radical (unpaired) electrons. The zero-order valence-electron chi connectivity index (χ0n) is 36.8. The van der Waals surface area contributed by atoms with E-state index in [1.54, 1.807) is 7.11 Å². The van der Waals surface area contributed by atoms with Gasteiger partial charge >= 0.3 is 0 Å². The maximum Gasteiger partial charge on any atom is 0.190 e. The molecule has 6 aliphatic rings. The Morgan fingerprint density at radius 2 is 1.05 bits per heavy atom. The van der Waals surface area contributed by atoms with Gasteiger partial charge in [0.2, 0.25) is 0 Å². The normalized spacial score (nSPS) is 37.8. The van der Waals surface area contributed by atoms with E-state index in [1.165, 1.54) is 0 Å². The molecule has 338 valence electrons. The lowest BCUT2D eigenvalue weighted by Gasteiger charge is -2.50. The van der Waals surface area contributed by atoms with E-state index in [4.69, 9.17) is 66.3 Å². The second kappa shape index (κ2) is 18.2. The molecule has 6 fully saturated rings. The molecule has 0 spiro atoms. The Balaban J connectivity index is 1.07. The van der Waals surface area contributed by atoms with Crippen LogP contribution < -0.4 is 0 Å². The predicted octanol–water partition coefficient (Wildman–Crippen LogP) is 6.55. The van der Waals surface area contributed by atoms with Crippen molar-refractivity contribution in [3.63, 3.8) is 0 Å². The number of fused-ring (bicyclic) bond motifs is 4. The van der Waals surface area contributed by atoms with Gasteiger partial charge < -0.3 is 66.3 Å². The lowest BCUT2D eigenvalue weighted by molar-refractivity contribution is -0.358. The Hall–Kier alpha value is -2.90. The topological polar surface area (TPSA) is 129 Å². The zero-order valence-corrected chi connectivity index (χ0v) is 36.8. The van der Waals surface area contributed by atoms with Gasteiger partial charge in [-0.3, -0.25) is 0 Å². The van der Waals surface area contributed by atoms with Gasteiger partial charge in [-0.1, -0.05) is 91.0 Å². The first kappa shape index (κ1) is 44.3. The van der Waals surface area contributed by atoms with Crippen LogP contribution in [0.5, 0.6) is 0 Å². The van der Waals surface area contributed by atoms with Crippen LogP contribution in [0.3, 0.4) is 0 Å². The van der Waals surface area contributed by atoms with Crippen molar-refractivity contribution in [3.05, 3.63) is 108 Å². The zero-order chi connectivity index (χ0) is 43.1. The molecule has 6 heterocycles. The summed E-state index contributed by atoms with van der Waals surface area (Å²) >= 11 is 0. The number of benzene rings is 3. The molecular weight excluding hydrogens is 801 g/mol. The fourth-order valence-electron chi connectivity index (χ4n) is 9.61. The number of methoxy groups -OCH3 is 1. The molecule has 13 atom stereocenters. The van der Waals surface area contributed by atoms with Gasteiger partial charge in [0.15, 0.2) is 35.7 Å². The van der Waals surface area contributed by atoms with Crippen LogP contribution in [0.2, 0.25) is 0 Å². The summed E-state index contributed by atoms with van der Waals surface area (Å²) in [5, 5.41) is 0. The fourth-order valence-corrected chi connectivity index (χ4v) is 9.61. The molecule has 14 nitrogen and oxygen atoms in total. The van der Waals surface area contributed by atoms with Crippen LogP contribution in [0.15, 0.2) is 91.0 Å². The minimum absolute atomic E-state index is 0.0708. The third kappa shape index (κ3) is 9.99. The second-order valence-corrected chi connectivity index (χ2v) is 18.4. The average molecular weight is 863 g/mol. The van der Waals surface area contributed by atoms with Gasteiger partial charge in [-0.25, -0.2) is 0 Å². The van der Waals surface area contributed by atoms with E-state index in [2.05, 4.69) is 0 Å². The van der Waals surface area contributed by atoms with Crippen LogP contribution >= 0.6 is 0 Å². The van der Waals surface area contributed by atoms with E-state index in [1.807, 2.05) is 133 Å². The summed E-state index contributed by atoms with van der Waals surface area (Å²) in [6.45, 7) is 12.6. The highest BCUT2D eigenvalue weighted by atomic mass is 16.9. The van der Waals surface area contributed by atoms with Crippen LogP contribution in [-0.4, -0.2) is 117 Å². The Morgan fingerprint density at radius 3 is 1.68 bits per heavy atom. The third-order valence-electron chi connectivity index (χ3n) is 12.2. The van der Waals surface area contributed by atoms with E-state index >= 15 is 0 Å². The highest BCUT2D eigenvalue weighted by Gasteiger charge is 2.63. The Morgan fingerprint density at radius 1 is 0.516 bits per heavy atom. The van der Waals surface area contributed by atoms with E-state index in [0.29, 0.717) is 19.8 Å². The van der Waals surface area contributed by atoms with Gasteiger partial charge in [0.1, 0.15) is 48.8 Å². The second-order valence-electron chi connectivity index (χ2n) is 18.4. The quantitative estimate of drug-likeness (QED) is 0.154. The summed E-state index contributed by atoms with van der Waals surface area (Å²) < 4.78 is 92.4. The van der Waals surface area contributed by atoms with E-state index in [-0.39, 0.29) is 26.1 Å². The largest absolute Gasteiger partial charge is 0.374 e. The van der Waals surface area contributed by atoms with Crippen LogP contribution in [0.1, 0.15) is 71.1 Å². The molecule has 0 aromatic heterocycles. The SMILES string of the molecule is CO[C@@H]1O[C@H](CO[C@]2(C[C@H]3O[C@@H]4OC(C)(C)O[C@@H]4[C@H]4OC(C)(C)O[C@H]43)C[C@@H](OCc3ccccc3)[C@H](OCc3ccccc3)[C@@H](COCc3ccccc3)O2)[C@H]2OC(C)(C)O[C@@H]12. The van der Waals surface area contributed by atoms with Crippen LogP contribution in [-0.2, 0) is 86.1 Å². The summed E-state index contributed by atoms with van der Waals surface area (Å²) in [7, 11) is 1.60. The molecule has 6 saturated heterocycles. The van der Waals surface area contributed by atoms with Crippen molar-refractivity contribution in [3.8, 4) is 0 Å². The van der Waals surface area contributed by atoms with Gasteiger partial charge in [0.25, 0.3) is 0 Å². The van der Waals surface area contributed by atoms with Gasteiger partial charge in [-0.05, 0) is 58.2 Å². The van der Waals surface area contributed by atoms with Crippen molar-refractivity contribution in [2.45, 2.75) is 171 Å². The molecule has 62 heavy (non-hydrogen) atoms. The molecule has 6 aliphatic heterocycles. The monoisotopic (exact) mass is 862 g/mol. The first-order chi connectivity index (χ1) is 29.8. The molecule has 0 saturated carbocycles. The van der Waals surface area contributed by atoms with Crippen molar-refractivity contribution in [1.29, 1.82) is 0 Å². The molecule has 0 aliphatic carbocycles. The van der Waals surface area contributed by atoms with Gasteiger partial charge in [-0.15, -0.1) is 0 Å². The minimum Gasteiger partial charge on any atom is -0.374 e. The summed E-state index contributed by atoms with van der Waals surface area (Å²) in [6, 6.07) is 30.2. The third-order valence-corrected chi connectivity index (χ3v) is 12.2. The molecular formula is C48H62O14. The summed E-state index contributed by atoms with van der Waals surface area (Å²) in [5.41, 5.74) is 3.07. The maximum atomic E-state index is 7.36. The lowest BCUT2D eigenvalue weighted by atomic mass is 9.87. The Bertz CT molecular complexity index is 1900. The van der Waals surface area contributed by atoms with Crippen LogP contribution in [0.4, 0.5) is 0 Å². The van der Waals surface area contributed by atoms with Gasteiger partial charge in [-0.2, -0.15) is 0 Å². The molecule has 0 N–H and O–H groups in total. The van der Waals surface area contributed by atoms with Gasteiger partial charge in [0, 0.05) is 20.0 Å². The maximum absolute atomic E-state index is 7.36. The molecule has 0 unspecified atom stereocenters. The average Bonchev–Trinajstić information content (AvgIpc) is 3.96. The van der Waals surface area contributed by atoms with Crippen LogP contribution in [0, 0.1) is 0 Å². The van der Waals surface area contributed by atoms with E-state index in [9.17, 15) is 0 Å². The molecule has 3 aromatic carbocycles. The smallest absolute Gasteiger partial charge is 0.190 e. The predicted molar refractivity (Wildman–Crippen MR) is 221 cm³/mol. The van der Waals surface area contributed by atoms with E-state index < -0.39 is 96.8 Å². The van der Waals surface area contributed by atoms with Crippen molar-refractivity contribution in [2.24, 2.45) is 0 Å². The molecule has 14 heteroatoms. The fraction of sp³-hybridized carbons (Fsp3) is 0.625. The number of rotatable bonds is 16. The highest BCUT2D eigenvalue weighted by molar-refractivity contribution is 5.16. The molecule has 9 rings (SSSR count). The Labute approximate surface area is 364 Å². The standard InChI is InChI=1S/C48H62O14/c1-45(2)57-38-34(54-44-42(40(38)59-45)61-47(5,6)62-44)24-48(53-29-35-39-41(43(49-7)55-35)60-46(3,4)58-39)23-33(51-26-31-19-13-9-14-20-31)37(52-27-32-21-15-10-16-22-32)36(56-48)28-50-25-30-17-11-8-12-18-30/h8-22,33-44H,23-29H2,1-7H3/t33-,34-,35-,36-,37+,38+,39-,40+,41-,42-,43-,44-,48-/m1/s1. The lowest BCUT2D eigenvalue weighted by Crippen LogP contribution is -2.62. The number of hydrogen-bond donors (Lipinski definition) is 0. The van der Waals surface area contributed by atoms with Crippen molar-refractivity contribution < 1.29 is 66.3 Å². The Kier molecular flexibility index (Phi) is 13.0. The van der Waals surface area contributed by atoms with E-state index in [0.717, 1.165) is 16.7 Å². The number of hydrogen-bond acceptors (Lipinski definition) is 14. The molecule has 0 bridgehead atoms. The first-order valence-electron chi connectivity index (χ1n) is 21.9. The van der Waals surface area contributed by atoms with Crippen molar-refractivity contribution in [2.75, 3.05) is 20.3 Å². The summed E-state index contributed by atoms with van der Waals surface area (Å²) in [6.07, 6.45) is -6.32. The minimum atomic E-state index is -1.37. The summed E-state index contributed by atoms with van der Waals surface area (Å²) in [4.78, 5) is 0. The van der Waals surface area contributed by atoms with Gasteiger partial charge in [0.05, 0.1) is 45.2 Å².